The van der Waals surface area contributed by atoms with Gasteiger partial charge in [-0.05, 0) is 32.6 Å². The average Bonchev–Trinajstić information content (AvgIpc) is 2.52. The lowest BCUT2D eigenvalue weighted by atomic mass is 9.90. The molecule has 132 valence electrons. The van der Waals surface area contributed by atoms with Gasteiger partial charge in [-0.3, -0.25) is 4.99 Å². The van der Waals surface area contributed by atoms with Gasteiger partial charge >= 0.3 is 0 Å². The maximum Gasteiger partial charge on any atom is 0.0360 e. The Bertz CT molecular complexity index is 228. The van der Waals surface area contributed by atoms with E-state index in [-0.39, 0.29) is 0 Å². The van der Waals surface area contributed by atoms with E-state index >= 15 is 0 Å². The topological polar surface area (TPSA) is 12.4 Å². The first kappa shape index (κ1) is 21.7. The van der Waals surface area contributed by atoms with Crippen LogP contribution in [-0.2, 0) is 0 Å². The third-order valence-electron chi connectivity index (χ3n) is 4.81. The lowest BCUT2D eigenvalue weighted by Crippen LogP contribution is -2.12. The Balaban J connectivity index is 3.88. The Morgan fingerprint density at radius 2 is 1.05 bits per heavy atom. The van der Waals surface area contributed by atoms with Crippen molar-refractivity contribution in [2.45, 2.75) is 118 Å². The van der Waals surface area contributed by atoms with Crippen LogP contribution < -0.4 is 0 Å². The van der Waals surface area contributed by atoms with Crippen molar-refractivity contribution in [3.05, 3.63) is 0 Å². The number of aliphatic imine (C=N–C) groups is 1. The van der Waals surface area contributed by atoms with E-state index in [1.807, 2.05) is 0 Å². The molecule has 0 spiro atoms. The van der Waals surface area contributed by atoms with Crippen LogP contribution in [0.1, 0.15) is 118 Å². The molecule has 0 heterocycles. The summed E-state index contributed by atoms with van der Waals surface area (Å²) in [5.74, 6) is 0.761. The molecule has 0 bridgehead atoms. The van der Waals surface area contributed by atoms with Crippen molar-refractivity contribution < 1.29 is 0 Å². The molecular weight excluding hydrogens is 266 g/mol. The van der Waals surface area contributed by atoms with Gasteiger partial charge in [-0.25, -0.2) is 0 Å². The Morgan fingerprint density at radius 1 is 0.636 bits per heavy atom. The highest BCUT2D eigenvalue weighted by atomic mass is 14.7. The third-order valence-corrected chi connectivity index (χ3v) is 4.81. The monoisotopic (exact) mass is 309 g/mol. The van der Waals surface area contributed by atoms with Gasteiger partial charge in [0.1, 0.15) is 0 Å². The van der Waals surface area contributed by atoms with Gasteiger partial charge in [0.05, 0.1) is 0 Å². The fourth-order valence-corrected chi connectivity index (χ4v) is 3.28. The third kappa shape index (κ3) is 13.3. The second-order valence-electron chi connectivity index (χ2n) is 6.93. The molecule has 0 fully saturated rings. The lowest BCUT2D eigenvalue weighted by molar-refractivity contribution is 0.482. The Hall–Kier alpha value is -0.330. The summed E-state index contributed by atoms with van der Waals surface area (Å²) in [5, 5.41) is 0. The molecule has 0 N–H and O–H groups in total. The van der Waals surface area contributed by atoms with Gasteiger partial charge in [0.15, 0.2) is 0 Å². The van der Waals surface area contributed by atoms with Gasteiger partial charge in [-0.1, -0.05) is 90.9 Å². The predicted molar refractivity (Wildman–Crippen MR) is 103 cm³/mol. The molecule has 0 unspecified atom stereocenters. The Labute approximate surface area is 141 Å². The van der Waals surface area contributed by atoms with Crippen LogP contribution in [0.25, 0.3) is 0 Å². The van der Waals surface area contributed by atoms with Crippen LogP contribution in [0.4, 0.5) is 0 Å². The molecule has 1 heteroatoms. The smallest absolute Gasteiger partial charge is 0.0360 e. The average molecular weight is 310 g/mol. The standard InChI is InChI=1S/C21H43N/c1-5-8-10-12-14-16-18-21(20(4)22-7-3)19-17-15-13-11-9-6-2/h21H,5-19H2,1-4H3. The SMILES string of the molecule is CCCCCCCCC(CCCCCCCC)C(C)=NCC. The van der Waals surface area contributed by atoms with Gasteiger partial charge in [0.2, 0.25) is 0 Å². The zero-order valence-corrected chi connectivity index (χ0v) is 16.1. The van der Waals surface area contributed by atoms with E-state index in [4.69, 9.17) is 4.99 Å². The van der Waals surface area contributed by atoms with Gasteiger partial charge in [0.25, 0.3) is 0 Å². The van der Waals surface area contributed by atoms with E-state index in [2.05, 4.69) is 27.7 Å². The molecular formula is C21H43N. The first-order valence-corrected chi connectivity index (χ1v) is 10.3. The highest BCUT2D eigenvalue weighted by Crippen LogP contribution is 2.21. The maximum absolute atomic E-state index is 4.70. The van der Waals surface area contributed by atoms with E-state index in [1.54, 1.807) is 0 Å². The molecule has 0 atom stereocenters. The molecule has 0 aliphatic carbocycles. The van der Waals surface area contributed by atoms with Crippen LogP contribution in [0, 0.1) is 5.92 Å². The lowest BCUT2D eigenvalue weighted by Gasteiger charge is -2.17. The molecule has 22 heavy (non-hydrogen) atoms. The summed E-state index contributed by atoms with van der Waals surface area (Å²) in [5.41, 5.74) is 1.42. The van der Waals surface area contributed by atoms with Crippen molar-refractivity contribution in [3.8, 4) is 0 Å². The number of hydrogen-bond acceptors (Lipinski definition) is 1. The summed E-state index contributed by atoms with van der Waals surface area (Å²) in [6.07, 6.45) is 19.7. The number of rotatable bonds is 16. The summed E-state index contributed by atoms with van der Waals surface area (Å²) in [6, 6.07) is 0. The minimum atomic E-state index is 0.761. The molecule has 0 aliphatic rings. The summed E-state index contributed by atoms with van der Waals surface area (Å²) >= 11 is 0. The highest BCUT2D eigenvalue weighted by Gasteiger charge is 2.11. The molecule has 0 radical (unpaired) electrons. The van der Waals surface area contributed by atoms with Crippen LogP contribution in [0.15, 0.2) is 4.99 Å². The van der Waals surface area contributed by atoms with Gasteiger partial charge in [0, 0.05) is 12.3 Å². The number of unbranched alkanes of at least 4 members (excludes halogenated alkanes) is 10. The summed E-state index contributed by atoms with van der Waals surface area (Å²) in [4.78, 5) is 4.70. The summed E-state index contributed by atoms with van der Waals surface area (Å²) in [6.45, 7) is 9.97. The molecule has 0 aromatic heterocycles. The van der Waals surface area contributed by atoms with Crippen molar-refractivity contribution in [1.29, 1.82) is 0 Å². The zero-order valence-electron chi connectivity index (χ0n) is 16.1. The predicted octanol–water partition coefficient (Wildman–Crippen LogP) is 7.58. The fourth-order valence-electron chi connectivity index (χ4n) is 3.28. The molecule has 0 saturated carbocycles. The first-order chi connectivity index (χ1) is 10.8. The largest absolute Gasteiger partial charge is 0.294 e. The molecule has 0 rings (SSSR count). The summed E-state index contributed by atoms with van der Waals surface area (Å²) < 4.78 is 0. The maximum atomic E-state index is 4.70. The van der Waals surface area contributed by atoms with Crippen molar-refractivity contribution >= 4 is 5.71 Å². The molecule has 1 nitrogen and oxygen atoms in total. The zero-order chi connectivity index (χ0) is 16.5. The van der Waals surface area contributed by atoms with E-state index in [1.165, 1.54) is 95.6 Å². The van der Waals surface area contributed by atoms with Crippen molar-refractivity contribution in [3.63, 3.8) is 0 Å². The van der Waals surface area contributed by atoms with Crippen LogP contribution in [0.3, 0.4) is 0 Å². The van der Waals surface area contributed by atoms with Gasteiger partial charge < -0.3 is 0 Å². The highest BCUT2D eigenvalue weighted by molar-refractivity contribution is 5.84. The van der Waals surface area contributed by atoms with Crippen molar-refractivity contribution in [2.24, 2.45) is 10.9 Å². The minimum absolute atomic E-state index is 0.761. The first-order valence-electron chi connectivity index (χ1n) is 10.3. The van der Waals surface area contributed by atoms with E-state index < -0.39 is 0 Å². The molecule has 0 saturated heterocycles. The van der Waals surface area contributed by atoms with Crippen molar-refractivity contribution in [1.82, 2.24) is 0 Å². The number of hydrogen-bond donors (Lipinski definition) is 0. The van der Waals surface area contributed by atoms with Crippen LogP contribution in [-0.4, -0.2) is 12.3 Å². The second-order valence-corrected chi connectivity index (χ2v) is 6.93. The van der Waals surface area contributed by atoms with Gasteiger partial charge in [-0.15, -0.1) is 0 Å². The van der Waals surface area contributed by atoms with E-state index in [9.17, 15) is 0 Å². The molecule has 0 amide bonds. The second kappa shape index (κ2) is 17.0. The fraction of sp³-hybridized carbons (Fsp3) is 0.952. The number of nitrogens with zero attached hydrogens (tertiary/aromatic N) is 1. The Morgan fingerprint density at radius 3 is 1.45 bits per heavy atom. The summed E-state index contributed by atoms with van der Waals surface area (Å²) in [7, 11) is 0. The van der Waals surface area contributed by atoms with Crippen molar-refractivity contribution in [2.75, 3.05) is 6.54 Å². The normalized spacial score (nSPS) is 12.3. The molecule has 0 aliphatic heterocycles. The van der Waals surface area contributed by atoms with E-state index in [0.717, 1.165) is 12.5 Å². The quantitative estimate of drug-likeness (QED) is 0.206. The van der Waals surface area contributed by atoms with Crippen LogP contribution in [0.2, 0.25) is 0 Å². The molecule has 0 aromatic carbocycles. The van der Waals surface area contributed by atoms with Gasteiger partial charge in [-0.2, -0.15) is 0 Å². The van der Waals surface area contributed by atoms with E-state index in [0.29, 0.717) is 0 Å². The molecule has 0 aromatic rings. The van der Waals surface area contributed by atoms with Crippen LogP contribution >= 0.6 is 0 Å². The Kier molecular flexibility index (Phi) is 16.8. The van der Waals surface area contributed by atoms with Crippen LogP contribution in [0.5, 0.6) is 0 Å². The minimum Gasteiger partial charge on any atom is -0.294 e.